The van der Waals surface area contributed by atoms with Crippen LogP contribution in [0.5, 0.6) is 5.75 Å². The summed E-state index contributed by atoms with van der Waals surface area (Å²) in [5, 5.41) is 0. The SMILES string of the molecule is [CH2]C(C)c1cc(Br)ccc1OCCC. The van der Waals surface area contributed by atoms with E-state index in [0.29, 0.717) is 0 Å². The normalized spacial score (nSPS) is 10.6. The highest BCUT2D eigenvalue weighted by atomic mass is 79.9. The number of hydrogen-bond acceptors (Lipinski definition) is 1. The fourth-order valence-corrected chi connectivity index (χ4v) is 1.63. The van der Waals surface area contributed by atoms with Crippen LogP contribution in [-0.2, 0) is 0 Å². The summed E-state index contributed by atoms with van der Waals surface area (Å²) in [4.78, 5) is 0. The Morgan fingerprint density at radius 2 is 2.21 bits per heavy atom. The molecule has 14 heavy (non-hydrogen) atoms. The van der Waals surface area contributed by atoms with Crippen molar-refractivity contribution in [2.45, 2.75) is 26.2 Å². The highest BCUT2D eigenvalue weighted by molar-refractivity contribution is 9.10. The van der Waals surface area contributed by atoms with Crippen LogP contribution < -0.4 is 4.74 Å². The summed E-state index contributed by atoms with van der Waals surface area (Å²) in [6.45, 7) is 8.96. The van der Waals surface area contributed by atoms with Crippen LogP contribution >= 0.6 is 15.9 Å². The summed E-state index contributed by atoms with van der Waals surface area (Å²) in [6.07, 6.45) is 1.03. The van der Waals surface area contributed by atoms with Crippen molar-refractivity contribution in [1.82, 2.24) is 0 Å². The molecule has 2 heteroatoms. The van der Waals surface area contributed by atoms with Gasteiger partial charge in [0.2, 0.25) is 0 Å². The van der Waals surface area contributed by atoms with Gasteiger partial charge >= 0.3 is 0 Å². The molecule has 1 atom stereocenters. The maximum absolute atomic E-state index is 5.64. The second-order valence-corrected chi connectivity index (χ2v) is 4.35. The highest BCUT2D eigenvalue weighted by Crippen LogP contribution is 2.29. The van der Waals surface area contributed by atoms with Gasteiger partial charge in [-0.2, -0.15) is 0 Å². The lowest BCUT2D eigenvalue weighted by molar-refractivity contribution is 0.313. The quantitative estimate of drug-likeness (QED) is 0.785. The second kappa shape index (κ2) is 5.40. The van der Waals surface area contributed by atoms with E-state index in [0.717, 1.165) is 28.8 Å². The lowest BCUT2D eigenvalue weighted by atomic mass is 10.0. The van der Waals surface area contributed by atoms with Crippen LogP contribution in [0.15, 0.2) is 22.7 Å². The van der Waals surface area contributed by atoms with Crippen molar-refractivity contribution in [3.05, 3.63) is 35.2 Å². The average Bonchev–Trinajstić information content (AvgIpc) is 2.15. The Balaban J connectivity index is 2.90. The third-order valence-electron chi connectivity index (χ3n) is 1.96. The summed E-state index contributed by atoms with van der Waals surface area (Å²) in [7, 11) is 0. The number of ether oxygens (including phenoxy) is 1. The maximum atomic E-state index is 5.64. The first-order valence-electron chi connectivity index (χ1n) is 4.90. The minimum absolute atomic E-state index is 0.249. The molecule has 0 amide bonds. The molecule has 0 bridgehead atoms. The van der Waals surface area contributed by atoms with E-state index in [1.165, 1.54) is 0 Å². The Morgan fingerprint density at radius 1 is 1.50 bits per heavy atom. The van der Waals surface area contributed by atoms with Crippen molar-refractivity contribution < 1.29 is 4.74 Å². The molecule has 1 rings (SSSR count). The average molecular weight is 256 g/mol. The number of hydrogen-bond donors (Lipinski definition) is 0. The van der Waals surface area contributed by atoms with Crippen LogP contribution in [0.3, 0.4) is 0 Å². The van der Waals surface area contributed by atoms with E-state index in [-0.39, 0.29) is 5.92 Å². The van der Waals surface area contributed by atoms with Gasteiger partial charge in [-0.25, -0.2) is 0 Å². The number of rotatable bonds is 4. The molecule has 0 saturated heterocycles. The van der Waals surface area contributed by atoms with E-state index in [1.54, 1.807) is 0 Å². The minimum Gasteiger partial charge on any atom is -0.493 e. The summed E-state index contributed by atoms with van der Waals surface area (Å²) < 4.78 is 6.72. The Bertz CT molecular complexity index is 294. The Kier molecular flexibility index (Phi) is 4.46. The van der Waals surface area contributed by atoms with Crippen molar-refractivity contribution in [2.75, 3.05) is 6.61 Å². The van der Waals surface area contributed by atoms with Crippen LogP contribution in [0.2, 0.25) is 0 Å². The minimum atomic E-state index is 0.249. The third-order valence-corrected chi connectivity index (χ3v) is 2.46. The van der Waals surface area contributed by atoms with Gasteiger partial charge < -0.3 is 4.74 Å². The smallest absolute Gasteiger partial charge is 0.122 e. The molecule has 0 spiro atoms. The molecular weight excluding hydrogens is 240 g/mol. The monoisotopic (exact) mass is 255 g/mol. The predicted molar refractivity (Wildman–Crippen MR) is 63.7 cm³/mol. The first-order valence-corrected chi connectivity index (χ1v) is 5.69. The van der Waals surface area contributed by atoms with Gasteiger partial charge in [0, 0.05) is 4.47 Å². The summed E-state index contributed by atoms with van der Waals surface area (Å²) >= 11 is 3.45. The van der Waals surface area contributed by atoms with Crippen molar-refractivity contribution >= 4 is 15.9 Å². The van der Waals surface area contributed by atoms with Crippen molar-refractivity contribution in [3.8, 4) is 5.75 Å². The van der Waals surface area contributed by atoms with E-state index in [1.807, 2.05) is 12.1 Å². The molecule has 0 aliphatic carbocycles. The van der Waals surface area contributed by atoms with Gasteiger partial charge in [0.05, 0.1) is 6.61 Å². The molecule has 1 unspecified atom stereocenters. The van der Waals surface area contributed by atoms with Gasteiger partial charge in [0.15, 0.2) is 0 Å². The molecule has 1 nitrogen and oxygen atoms in total. The zero-order chi connectivity index (χ0) is 10.6. The van der Waals surface area contributed by atoms with Gasteiger partial charge in [0.25, 0.3) is 0 Å². The molecule has 0 saturated carbocycles. The van der Waals surface area contributed by atoms with Crippen molar-refractivity contribution in [2.24, 2.45) is 0 Å². The van der Waals surface area contributed by atoms with E-state index in [2.05, 4.69) is 42.8 Å². The van der Waals surface area contributed by atoms with Crippen LogP contribution in [0.25, 0.3) is 0 Å². The molecule has 0 heterocycles. The fourth-order valence-electron chi connectivity index (χ4n) is 1.25. The first kappa shape index (κ1) is 11.6. The third kappa shape index (κ3) is 3.02. The predicted octanol–water partition coefficient (Wildman–Crippen LogP) is 4.18. The Hall–Kier alpha value is -0.500. The first-order chi connectivity index (χ1) is 6.65. The van der Waals surface area contributed by atoms with Gasteiger partial charge in [-0.3, -0.25) is 0 Å². The zero-order valence-electron chi connectivity index (χ0n) is 8.72. The Labute approximate surface area is 94.6 Å². The van der Waals surface area contributed by atoms with E-state index in [4.69, 9.17) is 4.74 Å². The summed E-state index contributed by atoms with van der Waals surface area (Å²) in [6, 6.07) is 6.07. The maximum Gasteiger partial charge on any atom is 0.122 e. The molecule has 0 N–H and O–H groups in total. The molecule has 0 fully saturated rings. The molecule has 77 valence electrons. The highest BCUT2D eigenvalue weighted by Gasteiger charge is 2.07. The van der Waals surface area contributed by atoms with Crippen LogP contribution in [0.1, 0.15) is 31.7 Å². The van der Waals surface area contributed by atoms with E-state index in [9.17, 15) is 0 Å². The topological polar surface area (TPSA) is 9.23 Å². The molecular formula is C12H16BrO. The molecule has 0 aromatic heterocycles. The van der Waals surface area contributed by atoms with E-state index < -0.39 is 0 Å². The van der Waals surface area contributed by atoms with Crippen LogP contribution in [0.4, 0.5) is 0 Å². The van der Waals surface area contributed by atoms with Crippen LogP contribution in [-0.4, -0.2) is 6.61 Å². The number of benzene rings is 1. The van der Waals surface area contributed by atoms with Gasteiger partial charge in [-0.15, -0.1) is 0 Å². The fraction of sp³-hybridized carbons (Fsp3) is 0.417. The standard InChI is InChI=1S/C12H16BrO/c1-4-7-14-12-6-5-10(13)8-11(12)9(2)3/h5-6,8-9H,2,4,7H2,1,3H3. The van der Waals surface area contributed by atoms with E-state index >= 15 is 0 Å². The van der Waals surface area contributed by atoms with Crippen LogP contribution in [0, 0.1) is 6.92 Å². The Morgan fingerprint density at radius 3 is 2.79 bits per heavy atom. The number of halogens is 1. The molecule has 1 aromatic rings. The second-order valence-electron chi connectivity index (χ2n) is 3.43. The van der Waals surface area contributed by atoms with Crippen molar-refractivity contribution in [3.63, 3.8) is 0 Å². The summed E-state index contributed by atoms with van der Waals surface area (Å²) in [5.41, 5.74) is 1.16. The molecule has 0 aliphatic rings. The lowest BCUT2D eigenvalue weighted by Crippen LogP contribution is -2.00. The molecule has 1 radical (unpaired) electrons. The van der Waals surface area contributed by atoms with Gasteiger partial charge in [-0.05, 0) is 43.0 Å². The van der Waals surface area contributed by atoms with Gasteiger partial charge in [-0.1, -0.05) is 29.8 Å². The summed E-state index contributed by atoms with van der Waals surface area (Å²) in [5.74, 6) is 1.21. The molecule has 0 aliphatic heterocycles. The zero-order valence-corrected chi connectivity index (χ0v) is 10.3. The largest absolute Gasteiger partial charge is 0.493 e. The molecule has 1 aromatic carbocycles. The van der Waals surface area contributed by atoms with Crippen molar-refractivity contribution in [1.29, 1.82) is 0 Å². The lowest BCUT2D eigenvalue weighted by Gasteiger charge is -2.13. The van der Waals surface area contributed by atoms with Gasteiger partial charge in [0.1, 0.15) is 5.75 Å².